The monoisotopic (exact) mass is 332 g/mol. The molecule has 0 amide bonds. The Kier molecular flexibility index (Phi) is 8.05. The maximum Gasteiger partial charge on any atom is 0.191 e. The molecule has 0 spiro atoms. The van der Waals surface area contributed by atoms with Gasteiger partial charge >= 0.3 is 0 Å². The van der Waals surface area contributed by atoms with Gasteiger partial charge in [-0.1, -0.05) is 31.2 Å². The highest BCUT2D eigenvalue weighted by atomic mass is 16.5. The van der Waals surface area contributed by atoms with Crippen molar-refractivity contribution >= 4 is 5.96 Å². The Balaban J connectivity index is 2.02. The van der Waals surface area contributed by atoms with Crippen LogP contribution < -0.4 is 10.6 Å². The largest absolute Gasteiger partial charge is 0.379 e. The number of nitrogens with one attached hydrogen (secondary N) is 2. The summed E-state index contributed by atoms with van der Waals surface area (Å²) in [5.74, 6) is 0.896. The van der Waals surface area contributed by atoms with Gasteiger partial charge in [0.2, 0.25) is 0 Å². The van der Waals surface area contributed by atoms with Gasteiger partial charge in [0.1, 0.15) is 0 Å². The van der Waals surface area contributed by atoms with E-state index in [9.17, 15) is 0 Å². The lowest BCUT2D eigenvalue weighted by atomic mass is 10.1. The lowest BCUT2D eigenvalue weighted by Gasteiger charge is -2.27. The van der Waals surface area contributed by atoms with Crippen LogP contribution in [-0.4, -0.2) is 49.7 Å². The molecular weight excluding hydrogens is 300 g/mol. The summed E-state index contributed by atoms with van der Waals surface area (Å²) >= 11 is 0. The second kappa shape index (κ2) is 10.3. The van der Waals surface area contributed by atoms with Gasteiger partial charge in [-0.05, 0) is 31.4 Å². The van der Waals surface area contributed by atoms with Crippen molar-refractivity contribution in [2.75, 3.05) is 32.8 Å². The van der Waals surface area contributed by atoms with Crippen molar-refractivity contribution in [2.24, 2.45) is 4.99 Å². The van der Waals surface area contributed by atoms with Gasteiger partial charge in [0.05, 0.1) is 19.8 Å². The minimum atomic E-state index is 0.423. The maximum atomic E-state index is 5.44. The minimum Gasteiger partial charge on any atom is -0.379 e. The molecule has 2 rings (SSSR count). The Morgan fingerprint density at radius 3 is 2.58 bits per heavy atom. The lowest BCUT2D eigenvalue weighted by Crippen LogP contribution is -2.42. The van der Waals surface area contributed by atoms with E-state index in [4.69, 9.17) is 9.73 Å². The highest BCUT2D eigenvalue weighted by Gasteiger charge is 2.12. The third-order valence-electron chi connectivity index (χ3n) is 4.36. The smallest absolute Gasteiger partial charge is 0.191 e. The molecule has 0 saturated carbocycles. The van der Waals surface area contributed by atoms with Crippen molar-refractivity contribution in [3.63, 3.8) is 0 Å². The Bertz CT molecular complexity index is 512. The molecular formula is C19H32N4O. The molecule has 0 aliphatic carbocycles. The SMILES string of the molecule is CCNC(=NCc1ccccc1CN1CCOCC1)NC(C)CC. The summed E-state index contributed by atoms with van der Waals surface area (Å²) in [6, 6.07) is 9.04. The predicted octanol–water partition coefficient (Wildman–Crippen LogP) is 2.37. The summed E-state index contributed by atoms with van der Waals surface area (Å²) in [5.41, 5.74) is 2.66. The first-order chi connectivity index (χ1) is 11.7. The Morgan fingerprint density at radius 2 is 1.92 bits per heavy atom. The second-order valence-corrected chi connectivity index (χ2v) is 6.31. The average molecular weight is 332 g/mol. The second-order valence-electron chi connectivity index (χ2n) is 6.31. The minimum absolute atomic E-state index is 0.423. The number of morpholine rings is 1. The zero-order valence-electron chi connectivity index (χ0n) is 15.3. The number of guanidine groups is 1. The summed E-state index contributed by atoms with van der Waals surface area (Å²) in [5, 5.41) is 6.78. The first-order valence-corrected chi connectivity index (χ1v) is 9.14. The van der Waals surface area contributed by atoms with Crippen molar-refractivity contribution in [1.82, 2.24) is 15.5 Å². The number of hydrogen-bond donors (Lipinski definition) is 2. The quantitative estimate of drug-likeness (QED) is 0.594. The Morgan fingerprint density at radius 1 is 1.21 bits per heavy atom. The van der Waals surface area contributed by atoms with E-state index in [1.54, 1.807) is 0 Å². The molecule has 1 aliphatic rings. The van der Waals surface area contributed by atoms with Gasteiger partial charge in [-0.25, -0.2) is 4.99 Å². The molecule has 134 valence electrons. The van der Waals surface area contributed by atoms with Gasteiger partial charge in [-0.15, -0.1) is 0 Å². The Hall–Kier alpha value is -1.59. The van der Waals surface area contributed by atoms with Gasteiger partial charge in [0.25, 0.3) is 0 Å². The molecule has 1 heterocycles. The third kappa shape index (κ3) is 6.13. The van der Waals surface area contributed by atoms with E-state index in [1.165, 1.54) is 11.1 Å². The van der Waals surface area contributed by atoms with E-state index in [-0.39, 0.29) is 0 Å². The molecule has 1 fully saturated rings. The number of benzene rings is 1. The molecule has 5 nitrogen and oxygen atoms in total. The molecule has 1 unspecified atom stereocenters. The number of aliphatic imine (C=N–C) groups is 1. The molecule has 0 bridgehead atoms. The Labute approximate surface area is 146 Å². The third-order valence-corrected chi connectivity index (χ3v) is 4.36. The van der Waals surface area contributed by atoms with Crippen LogP contribution in [0.2, 0.25) is 0 Å². The van der Waals surface area contributed by atoms with Crippen LogP contribution in [0, 0.1) is 0 Å². The van der Waals surface area contributed by atoms with Crippen molar-refractivity contribution in [3.8, 4) is 0 Å². The summed E-state index contributed by atoms with van der Waals surface area (Å²) in [7, 11) is 0. The normalized spacial score (nSPS) is 17.5. The van der Waals surface area contributed by atoms with Crippen molar-refractivity contribution in [1.29, 1.82) is 0 Å². The first kappa shape index (κ1) is 18.7. The fourth-order valence-electron chi connectivity index (χ4n) is 2.69. The van der Waals surface area contributed by atoms with Crippen LogP contribution in [0.15, 0.2) is 29.3 Å². The molecule has 5 heteroatoms. The fourth-order valence-corrected chi connectivity index (χ4v) is 2.69. The highest BCUT2D eigenvalue weighted by Crippen LogP contribution is 2.14. The predicted molar refractivity (Wildman–Crippen MR) is 100 cm³/mol. The van der Waals surface area contributed by atoms with E-state index in [0.717, 1.165) is 51.8 Å². The standard InChI is InChI=1S/C19H32N4O/c1-4-16(3)22-19(20-5-2)21-14-17-8-6-7-9-18(17)15-23-10-12-24-13-11-23/h6-9,16H,4-5,10-15H2,1-3H3,(H2,20,21,22). The lowest BCUT2D eigenvalue weighted by molar-refractivity contribution is 0.0341. The van der Waals surface area contributed by atoms with Crippen molar-refractivity contribution < 1.29 is 4.74 Å². The zero-order chi connectivity index (χ0) is 17.2. The highest BCUT2D eigenvalue weighted by molar-refractivity contribution is 5.80. The average Bonchev–Trinajstić information content (AvgIpc) is 2.61. The molecule has 0 radical (unpaired) electrons. The van der Waals surface area contributed by atoms with Crippen LogP contribution in [0.5, 0.6) is 0 Å². The molecule has 1 aromatic carbocycles. The first-order valence-electron chi connectivity index (χ1n) is 9.14. The molecule has 1 atom stereocenters. The summed E-state index contributed by atoms with van der Waals surface area (Å²) in [6.07, 6.45) is 1.08. The molecule has 2 N–H and O–H groups in total. The summed E-state index contributed by atoms with van der Waals surface area (Å²) in [4.78, 5) is 7.23. The van der Waals surface area contributed by atoms with E-state index in [2.05, 4.69) is 60.6 Å². The van der Waals surface area contributed by atoms with Crippen LogP contribution in [0.4, 0.5) is 0 Å². The zero-order valence-corrected chi connectivity index (χ0v) is 15.3. The van der Waals surface area contributed by atoms with E-state index < -0.39 is 0 Å². The van der Waals surface area contributed by atoms with Gasteiger partial charge in [0, 0.05) is 32.2 Å². The van der Waals surface area contributed by atoms with Crippen LogP contribution in [0.3, 0.4) is 0 Å². The molecule has 1 aromatic rings. The molecule has 24 heavy (non-hydrogen) atoms. The van der Waals surface area contributed by atoms with Crippen molar-refractivity contribution in [2.45, 2.75) is 46.3 Å². The van der Waals surface area contributed by atoms with E-state index in [1.807, 2.05) is 0 Å². The number of nitrogens with zero attached hydrogens (tertiary/aromatic N) is 2. The topological polar surface area (TPSA) is 48.9 Å². The maximum absolute atomic E-state index is 5.44. The van der Waals surface area contributed by atoms with Crippen LogP contribution in [-0.2, 0) is 17.8 Å². The van der Waals surface area contributed by atoms with Gasteiger partial charge < -0.3 is 15.4 Å². The van der Waals surface area contributed by atoms with E-state index in [0.29, 0.717) is 12.6 Å². The van der Waals surface area contributed by atoms with Gasteiger partial charge in [0.15, 0.2) is 5.96 Å². The fraction of sp³-hybridized carbons (Fsp3) is 0.632. The van der Waals surface area contributed by atoms with Crippen LogP contribution in [0.1, 0.15) is 38.3 Å². The number of hydrogen-bond acceptors (Lipinski definition) is 3. The molecule has 1 aliphatic heterocycles. The number of ether oxygens (including phenoxy) is 1. The van der Waals surface area contributed by atoms with Gasteiger partial charge in [-0.3, -0.25) is 4.90 Å². The summed E-state index contributed by atoms with van der Waals surface area (Å²) < 4.78 is 5.44. The number of rotatable bonds is 7. The molecule has 0 aromatic heterocycles. The van der Waals surface area contributed by atoms with Crippen molar-refractivity contribution in [3.05, 3.63) is 35.4 Å². The van der Waals surface area contributed by atoms with Crippen LogP contribution in [0.25, 0.3) is 0 Å². The summed E-state index contributed by atoms with van der Waals surface area (Å²) in [6.45, 7) is 12.7. The molecule has 1 saturated heterocycles. The van der Waals surface area contributed by atoms with E-state index >= 15 is 0 Å². The van der Waals surface area contributed by atoms with Gasteiger partial charge in [-0.2, -0.15) is 0 Å². The van der Waals surface area contributed by atoms with Crippen LogP contribution >= 0.6 is 0 Å².